The van der Waals surface area contributed by atoms with Crippen molar-refractivity contribution in [2.75, 3.05) is 10.6 Å². The molecule has 0 unspecified atom stereocenters. The number of carbonyl (C=O) groups is 2. The topological polar surface area (TPSA) is 99.8 Å². The van der Waals surface area contributed by atoms with Crippen LogP contribution in [0.1, 0.15) is 20.7 Å². The number of benzene rings is 3. The second kappa shape index (κ2) is 9.58. The molecule has 7 nitrogen and oxygen atoms in total. The lowest BCUT2D eigenvalue weighted by molar-refractivity contribution is 0.101. The molecule has 2 amide bonds. The molecule has 5 aromatic rings. The largest absolute Gasteiger partial charge is 0.338 e. The number of carbonyl (C=O) groups excluding carboxylic acids is 2. The van der Waals surface area contributed by atoms with Gasteiger partial charge in [0, 0.05) is 34.4 Å². The van der Waals surface area contributed by atoms with Crippen molar-refractivity contribution in [3.05, 3.63) is 106 Å². The molecule has 0 spiro atoms. The zero-order valence-corrected chi connectivity index (χ0v) is 19.6. The van der Waals surface area contributed by atoms with E-state index in [9.17, 15) is 9.59 Å². The summed E-state index contributed by atoms with van der Waals surface area (Å²) in [6.07, 6.45) is 3.13. The van der Waals surface area contributed by atoms with Crippen LogP contribution in [0.25, 0.3) is 22.4 Å². The highest BCUT2D eigenvalue weighted by Gasteiger charge is 2.12. The summed E-state index contributed by atoms with van der Waals surface area (Å²) in [6.45, 7) is 0. The number of halogens is 2. The standard InChI is InChI=1S/C26H17Cl2N5O2/c27-17-5-9-20(21(28)12-17)26(35)30-18-6-3-15(4-7-18)24-32-22-10-8-19(13-23(22)33-24)31-25(34)16-2-1-11-29-14-16/h1-14H,(H,30,35)(H,31,34)(H,32,33). The third-order valence-corrected chi connectivity index (χ3v) is 5.80. The number of anilines is 2. The van der Waals surface area contributed by atoms with E-state index in [1.165, 1.54) is 12.3 Å². The zero-order chi connectivity index (χ0) is 24.4. The quantitative estimate of drug-likeness (QED) is 0.258. The number of pyridine rings is 1. The van der Waals surface area contributed by atoms with E-state index >= 15 is 0 Å². The number of aromatic amines is 1. The number of imidazole rings is 1. The molecule has 2 aromatic heterocycles. The number of hydrogen-bond acceptors (Lipinski definition) is 4. The molecular weight excluding hydrogens is 485 g/mol. The van der Waals surface area contributed by atoms with Crippen molar-refractivity contribution >= 4 is 57.4 Å². The summed E-state index contributed by atoms with van der Waals surface area (Å²) >= 11 is 12.0. The van der Waals surface area contributed by atoms with Gasteiger partial charge in [-0.3, -0.25) is 14.6 Å². The summed E-state index contributed by atoms with van der Waals surface area (Å²) in [5.74, 6) is 0.0908. The Morgan fingerprint density at radius 1 is 0.829 bits per heavy atom. The fraction of sp³-hybridized carbons (Fsp3) is 0. The van der Waals surface area contributed by atoms with Gasteiger partial charge in [0.2, 0.25) is 0 Å². The van der Waals surface area contributed by atoms with Crippen LogP contribution in [0.2, 0.25) is 10.0 Å². The zero-order valence-electron chi connectivity index (χ0n) is 18.0. The van der Waals surface area contributed by atoms with Gasteiger partial charge in [-0.1, -0.05) is 23.2 Å². The molecule has 3 aromatic carbocycles. The lowest BCUT2D eigenvalue weighted by Crippen LogP contribution is -2.12. The van der Waals surface area contributed by atoms with Gasteiger partial charge in [0.15, 0.2) is 0 Å². The maximum Gasteiger partial charge on any atom is 0.257 e. The monoisotopic (exact) mass is 501 g/mol. The minimum atomic E-state index is -0.330. The van der Waals surface area contributed by atoms with E-state index in [-0.39, 0.29) is 16.8 Å². The Hall–Kier alpha value is -4.20. The summed E-state index contributed by atoms with van der Waals surface area (Å²) in [6, 6.07) is 20.8. The summed E-state index contributed by atoms with van der Waals surface area (Å²) in [5.41, 5.74) is 4.44. The number of hydrogen-bond donors (Lipinski definition) is 3. The number of nitrogens with zero attached hydrogens (tertiary/aromatic N) is 2. The van der Waals surface area contributed by atoms with Gasteiger partial charge < -0.3 is 15.6 Å². The van der Waals surface area contributed by atoms with Crippen LogP contribution in [0.5, 0.6) is 0 Å². The first-order chi connectivity index (χ1) is 17.0. The van der Waals surface area contributed by atoms with Crippen LogP contribution in [0, 0.1) is 0 Å². The van der Waals surface area contributed by atoms with E-state index in [2.05, 4.69) is 25.6 Å². The highest BCUT2D eigenvalue weighted by Crippen LogP contribution is 2.26. The lowest BCUT2D eigenvalue weighted by Gasteiger charge is -2.07. The number of rotatable bonds is 5. The summed E-state index contributed by atoms with van der Waals surface area (Å²) in [7, 11) is 0. The van der Waals surface area contributed by atoms with Crippen LogP contribution < -0.4 is 10.6 Å². The van der Waals surface area contributed by atoms with Crippen molar-refractivity contribution in [2.45, 2.75) is 0 Å². The third-order valence-electron chi connectivity index (χ3n) is 5.26. The van der Waals surface area contributed by atoms with Gasteiger partial charge in [-0.15, -0.1) is 0 Å². The van der Waals surface area contributed by atoms with Crippen LogP contribution in [0.3, 0.4) is 0 Å². The minimum absolute atomic E-state index is 0.241. The van der Waals surface area contributed by atoms with E-state index in [0.717, 1.165) is 16.6 Å². The molecular formula is C26H17Cl2N5O2. The molecule has 172 valence electrons. The summed E-state index contributed by atoms with van der Waals surface area (Å²) < 4.78 is 0. The first kappa shape index (κ1) is 22.6. The SMILES string of the molecule is O=C(Nc1ccc2nc(-c3ccc(NC(=O)c4ccc(Cl)cc4Cl)cc3)[nH]c2c1)c1cccnc1. The molecule has 2 heterocycles. The average Bonchev–Trinajstić information content (AvgIpc) is 3.28. The van der Waals surface area contributed by atoms with Gasteiger partial charge in [-0.05, 0) is 72.8 Å². The summed E-state index contributed by atoms with van der Waals surface area (Å²) in [4.78, 5) is 36.8. The number of fused-ring (bicyclic) bond motifs is 1. The highest BCUT2D eigenvalue weighted by molar-refractivity contribution is 6.37. The van der Waals surface area contributed by atoms with Crippen molar-refractivity contribution < 1.29 is 9.59 Å². The number of aromatic nitrogens is 3. The second-order valence-electron chi connectivity index (χ2n) is 7.67. The molecule has 0 radical (unpaired) electrons. The lowest BCUT2D eigenvalue weighted by atomic mass is 10.1. The summed E-state index contributed by atoms with van der Waals surface area (Å²) in [5, 5.41) is 6.43. The van der Waals surface area contributed by atoms with Crippen molar-refractivity contribution in [1.29, 1.82) is 0 Å². The van der Waals surface area contributed by atoms with E-state index in [0.29, 0.717) is 33.3 Å². The van der Waals surface area contributed by atoms with Crippen molar-refractivity contribution in [3.8, 4) is 11.4 Å². The molecule has 0 bridgehead atoms. The Morgan fingerprint density at radius 2 is 1.60 bits per heavy atom. The van der Waals surface area contributed by atoms with Crippen molar-refractivity contribution in [3.63, 3.8) is 0 Å². The second-order valence-corrected chi connectivity index (χ2v) is 8.51. The van der Waals surface area contributed by atoms with Crippen molar-refractivity contribution in [2.24, 2.45) is 0 Å². The average molecular weight is 502 g/mol. The van der Waals surface area contributed by atoms with Gasteiger partial charge in [0.25, 0.3) is 11.8 Å². The first-order valence-corrected chi connectivity index (χ1v) is 11.3. The van der Waals surface area contributed by atoms with Crippen LogP contribution in [0.15, 0.2) is 85.2 Å². The molecule has 0 fully saturated rings. The Bertz CT molecular complexity index is 1550. The Morgan fingerprint density at radius 3 is 2.34 bits per heavy atom. The fourth-order valence-corrected chi connectivity index (χ4v) is 4.00. The third kappa shape index (κ3) is 5.01. The molecule has 35 heavy (non-hydrogen) atoms. The molecule has 5 rings (SSSR count). The fourth-order valence-electron chi connectivity index (χ4n) is 3.51. The van der Waals surface area contributed by atoms with E-state index in [1.54, 1.807) is 48.7 Å². The van der Waals surface area contributed by atoms with Gasteiger partial charge in [-0.2, -0.15) is 0 Å². The molecule has 0 atom stereocenters. The van der Waals surface area contributed by atoms with Gasteiger partial charge >= 0.3 is 0 Å². The first-order valence-electron chi connectivity index (χ1n) is 10.5. The molecule has 0 aliphatic carbocycles. The van der Waals surface area contributed by atoms with E-state index < -0.39 is 0 Å². The Balaban J connectivity index is 1.31. The number of nitrogens with one attached hydrogen (secondary N) is 3. The van der Waals surface area contributed by atoms with Crippen molar-refractivity contribution in [1.82, 2.24) is 15.0 Å². The van der Waals surface area contributed by atoms with Gasteiger partial charge in [0.1, 0.15) is 5.82 Å². The Kier molecular flexibility index (Phi) is 6.18. The predicted molar refractivity (Wildman–Crippen MR) is 138 cm³/mol. The molecule has 0 aliphatic rings. The van der Waals surface area contributed by atoms with Crippen LogP contribution in [0.4, 0.5) is 11.4 Å². The molecule has 0 saturated heterocycles. The minimum Gasteiger partial charge on any atom is -0.338 e. The normalized spacial score (nSPS) is 10.8. The Labute approximate surface area is 210 Å². The molecule has 0 saturated carbocycles. The van der Waals surface area contributed by atoms with Crippen LogP contribution in [-0.4, -0.2) is 26.8 Å². The predicted octanol–water partition coefficient (Wildman–Crippen LogP) is 6.44. The maximum atomic E-state index is 12.5. The smallest absolute Gasteiger partial charge is 0.257 e. The van der Waals surface area contributed by atoms with Gasteiger partial charge in [0.05, 0.1) is 27.2 Å². The van der Waals surface area contributed by atoms with Crippen LogP contribution in [-0.2, 0) is 0 Å². The number of amides is 2. The van der Waals surface area contributed by atoms with E-state index in [4.69, 9.17) is 23.2 Å². The highest BCUT2D eigenvalue weighted by atomic mass is 35.5. The van der Waals surface area contributed by atoms with Gasteiger partial charge in [-0.25, -0.2) is 4.98 Å². The molecule has 0 aliphatic heterocycles. The molecule has 9 heteroatoms. The van der Waals surface area contributed by atoms with Crippen LogP contribution >= 0.6 is 23.2 Å². The number of H-pyrrole nitrogens is 1. The molecule has 3 N–H and O–H groups in total. The maximum absolute atomic E-state index is 12.5. The van der Waals surface area contributed by atoms with E-state index in [1.807, 2.05) is 24.3 Å².